The molecule has 3 heterocycles. The number of hydrogen-bond donors (Lipinski definition) is 0. The van der Waals surface area contributed by atoms with Crippen LogP contribution in [-0.2, 0) is 28.5 Å². The molecular formula is C30H37NO6. The molecule has 198 valence electrons. The molecule has 0 fully saturated rings. The minimum Gasteiger partial charge on any atom is -0.466 e. The van der Waals surface area contributed by atoms with E-state index >= 15 is 0 Å². The second-order valence-electron chi connectivity index (χ2n) is 10.6. The Bertz CT molecular complexity index is 1140. The molecule has 3 aliphatic rings. The van der Waals surface area contributed by atoms with E-state index in [1.165, 1.54) is 25.9 Å². The van der Waals surface area contributed by atoms with Crippen molar-refractivity contribution in [3.63, 3.8) is 0 Å². The fourth-order valence-corrected chi connectivity index (χ4v) is 5.81. The quantitative estimate of drug-likeness (QED) is 0.303. The van der Waals surface area contributed by atoms with Gasteiger partial charge in [0.1, 0.15) is 11.7 Å². The zero-order chi connectivity index (χ0) is 26.8. The van der Waals surface area contributed by atoms with Crippen LogP contribution in [0.25, 0.3) is 6.08 Å². The molecule has 7 heteroatoms. The summed E-state index contributed by atoms with van der Waals surface area (Å²) >= 11 is 0. The molecule has 0 aromatic carbocycles. The molecular weight excluding hydrogens is 470 g/mol. The molecule has 1 aromatic rings. The van der Waals surface area contributed by atoms with Crippen molar-refractivity contribution in [2.75, 3.05) is 14.2 Å². The van der Waals surface area contributed by atoms with Gasteiger partial charge in [0, 0.05) is 19.4 Å². The highest BCUT2D eigenvalue weighted by atomic mass is 16.7. The van der Waals surface area contributed by atoms with Crippen LogP contribution in [0.4, 0.5) is 0 Å². The lowest BCUT2D eigenvalue weighted by Crippen LogP contribution is -2.48. The van der Waals surface area contributed by atoms with Crippen LogP contribution < -0.4 is 0 Å². The fraction of sp³-hybridized carbons (Fsp3) is 0.500. The minimum atomic E-state index is -1.44. The van der Waals surface area contributed by atoms with Crippen molar-refractivity contribution in [2.45, 2.75) is 58.0 Å². The second-order valence-corrected chi connectivity index (χ2v) is 10.6. The van der Waals surface area contributed by atoms with Gasteiger partial charge in [-0.3, -0.25) is 4.98 Å². The van der Waals surface area contributed by atoms with Crippen molar-refractivity contribution >= 4 is 18.0 Å². The number of rotatable bonds is 6. The van der Waals surface area contributed by atoms with E-state index in [1.54, 1.807) is 18.3 Å². The van der Waals surface area contributed by atoms with E-state index in [0.29, 0.717) is 23.6 Å². The van der Waals surface area contributed by atoms with Crippen LogP contribution in [0.15, 0.2) is 65.9 Å². The molecule has 0 radical (unpaired) electrons. The fourth-order valence-electron chi connectivity index (χ4n) is 5.81. The molecule has 4 rings (SSSR count). The van der Waals surface area contributed by atoms with Gasteiger partial charge in [-0.1, -0.05) is 37.6 Å². The average molecular weight is 508 g/mol. The SMILES string of the molecule is COC(=O)/C1=C/[C@@H]2[C@@H](C(C)C)CC=C(C)[C@@H]2C[C@H](OC(=O)/C=C/c2ccccn2)[C@]2(C)C=C[C@@]1(OC)O2. The smallest absolute Gasteiger partial charge is 0.339 e. The highest BCUT2D eigenvalue weighted by Gasteiger charge is 2.55. The van der Waals surface area contributed by atoms with Gasteiger partial charge in [-0.2, -0.15) is 0 Å². The lowest BCUT2D eigenvalue weighted by atomic mass is 9.65. The van der Waals surface area contributed by atoms with Crippen LogP contribution in [0.5, 0.6) is 0 Å². The third-order valence-electron chi connectivity index (χ3n) is 8.00. The van der Waals surface area contributed by atoms with E-state index in [9.17, 15) is 9.59 Å². The summed E-state index contributed by atoms with van der Waals surface area (Å²) in [5.41, 5.74) is 1.16. The number of fused-ring (bicyclic) bond motifs is 3. The predicted octanol–water partition coefficient (Wildman–Crippen LogP) is 5.05. The Labute approximate surface area is 219 Å². The van der Waals surface area contributed by atoms with Gasteiger partial charge in [-0.05, 0) is 80.7 Å². The molecule has 0 saturated carbocycles. The molecule has 0 unspecified atom stereocenters. The number of aromatic nitrogens is 1. The molecule has 0 N–H and O–H groups in total. The maximum absolute atomic E-state index is 13.1. The molecule has 37 heavy (non-hydrogen) atoms. The van der Waals surface area contributed by atoms with Crippen molar-refractivity contribution in [1.82, 2.24) is 4.98 Å². The van der Waals surface area contributed by atoms with Gasteiger partial charge in [-0.15, -0.1) is 0 Å². The maximum atomic E-state index is 13.1. The third-order valence-corrected chi connectivity index (χ3v) is 8.00. The first-order valence-corrected chi connectivity index (χ1v) is 12.8. The van der Waals surface area contributed by atoms with Crippen molar-refractivity contribution in [3.8, 4) is 0 Å². The predicted molar refractivity (Wildman–Crippen MR) is 140 cm³/mol. The van der Waals surface area contributed by atoms with Gasteiger partial charge in [0.05, 0.1) is 18.4 Å². The normalized spacial score (nSPS) is 34.6. The van der Waals surface area contributed by atoms with Gasteiger partial charge in [0.2, 0.25) is 5.79 Å². The van der Waals surface area contributed by atoms with E-state index in [0.717, 1.165) is 6.42 Å². The largest absolute Gasteiger partial charge is 0.466 e. The van der Waals surface area contributed by atoms with Gasteiger partial charge in [0.25, 0.3) is 0 Å². The van der Waals surface area contributed by atoms with Crippen LogP contribution in [-0.4, -0.2) is 48.6 Å². The first-order valence-electron chi connectivity index (χ1n) is 12.8. The first kappa shape index (κ1) is 27.0. The van der Waals surface area contributed by atoms with Crippen molar-refractivity contribution < 1.29 is 28.5 Å². The molecule has 1 aromatic heterocycles. The van der Waals surface area contributed by atoms with Gasteiger partial charge < -0.3 is 18.9 Å². The molecule has 2 aliphatic heterocycles. The van der Waals surface area contributed by atoms with Crippen molar-refractivity contribution in [1.29, 1.82) is 0 Å². The number of esters is 2. The van der Waals surface area contributed by atoms with E-state index in [1.807, 2.05) is 37.3 Å². The zero-order valence-electron chi connectivity index (χ0n) is 22.5. The highest BCUT2D eigenvalue weighted by molar-refractivity contribution is 5.91. The van der Waals surface area contributed by atoms with Crippen LogP contribution in [0.1, 0.15) is 46.2 Å². The summed E-state index contributed by atoms with van der Waals surface area (Å²) in [4.78, 5) is 30.4. The Balaban J connectivity index is 1.76. The summed E-state index contributed by atoms with van der Waals surface area (Å²) in [6, 6.07) is 5.49. The average Bonchev–Trinajstić information content (AvgIpc) is 3.26. The molecule has 0 saturated heterocycles. The van der Waals surface area contributed by atoms with Gasteiger partial charge in [-0.25, -0.2) is 9.59 Å². The van der Waals surface area contributed by atoms with Crippen molar-refractivity contribution in [2.24, 2.45) is 23.7 Å². The number of allylic oxidation sites excluding steroid dienone is 3. The van der Waals surface area contributed by atoms with E-state index in [4.69, 9.17) is 18.9 Å². The topological polar surface area (TPSA) is 84.0 Å². The number of nitrogens with zero attached hydrogens (tertiary/aromatic N) is 1. The summed E-state index contributed by atoms with van der Waals surface area (Å²) in [5, 5.41) is 0. The molecule has 2 bridgehead atoms. The number of hydrogen-bond acceptors (Lipinski definition) is 7. The van der Waals surface area contributed by atoms with E-state index in [2.05, 4.69) is 31.8 Å². The Morgan fingerprint density at radius 1 is 1.22 bits per heavy atom. The Hall–Kier alpha value is -3.03. The summed E-state index contributed by atoms with van der Waals surface area (Å²) in [6.45, 7) is 8.37. The Kier molecular flexibility index (Phi) is 7.85. The summed E-state index contributed by atoms with van der Waals surface area (Å²) < 4.78 is 23.7. The van der Waals surface area contributed by atoms with Crippen LogP contribution in [0, 0.1) is 23.7 Å². The number of carbonyl (C=O) groups excluding carboxylic acids is 2. The van der Waals surface area contributed by atoms with Crippen LogP contribution in [0.3, 0.4) is 0 Å². The number of methoxy groups -OCH3 is 2. The standard InChI is InChI=1S/C30H37NO6/c1-19(2)22-12-10-20(3)23-18-26(36-27(32)13-11-21-9-7-8-16-31-21)29(4)14-15-30(35-6,37-29)25(17-24(22)23)28(33)34-5/h7-11,13-17,19,22-24,26H,12,18H2,1-6H3/b13-11+,25-17-/t22-,23+,24-,26+,29+,30-/m1/s1. The summed E-state index contributed by atoms with van der Waals surface area (Å²) in [7, 11) is 2.86. The Morgan fingerprint density at radius 2 is 2.00 bits per heavy atom. The maximum Gasteiger partial charge on any atom is 0.339 e. The lowest BCUT2D eigenvalue weighted by Gasteiger charge is -2.41. The van der Waals surface area contributed by atoms with Crippen LogP contribution in [0.2, 0.25) is 0 Å². The highest BCUT2D eigenvalue weighted by Crippen LogP contribution is 2.49. The zero-order valence-corrected chi connectivity index (χ0v) is 22.5. The molecule has 0 amide bonds. The van der Waals surface area contributed by atoms with E-state index in [-0.39, 0.29) is 17.8 Å². The van der Waals surface area contributed by atoms with Gasteiger partial charge >= 0.3 is 11.9 Å². The number of pyridine rings is 1. The minimum absolute atomic E-state index is 0.0105. The van der Waals surface area contributed by atoms with E-state index < -0.39 is 29.4 Å². The number of carbonyl (C=O) groups is 2. The van der Waals surface area contributed by atoms with Crippen molar-refractivity contribution in [3.05, 3.63) is 71.6 Å². The Morgan fingerprint density at radius 3 is 2.65 bits per heavy atom. The summed E-state index contributed by atoms with van der Waals surface area (Å²) in [6.07, 6.45) is 13.3. The molecule has 6 atom stereocenters. The first-order chi connectivity index (χ1) is 17.6. The molecule has 0 spiro atoms. The molecule has 1 aliphatic carbocycles. The number of ether oxygens (including phenoxy) is 4. The van der Waals surface area contributed by atoms with Crippen LogP contribution >= 0.6 is 0 Å². The summed E-state index contributed by atoms with van der Waals surface area (Å²) in [5.74, 6) is -1.72. The second kappa shape index (κ2) is 10.8. The monoisotopic (exact) mass is 507 g/mol. The van der Waals surface area contributed by atoms with Gasteiger partial charge in [0.15, 0.2) is 0 Å². The molecule has 7 nitrogen and oxygen atoms in total. The lowest BCUT2D eigenvalue weighted by molar-refractivity contribution is -0.227. The third kappa shape index (κ3) is 5.34.